The Morgan fingerprint density at radius 2 is 2.08 bits per heavy atom. The van der Waals surface area contributed by atoms with Gasteiger partial charge in [-0.3, -0.25) is 4.99 Å². The lowest BCUT2D eigenvalue weighted by Gasteiger charge is -2.34. The van der Waals surface area contributed by atoms with Crippen molar-refractivity contribution in [3.05, 3.63) is 29.8 Å². The summed E-state index contributed by atoms with van der Waals surface area (Å²) in [5, 5.41) is 4.18. The highest BCUT2D eigenvalue weighted by Crippen LogP contribution is 2.21. The van der Waals surface area contributed by atoms with Crippen molar-refractivity contribution < 1.29 is 4.74 Å². The number of nitrogens with zero attached hydrogens (tertiary/aromatic N) is 2. The highest BCUT2D eigenvalue weighted by atomic mass is 127. The van der Waals surface area contributed by atoms with Gasteiger partial charge in [-0.05, 0) is 37.5 Å². The maximum Gasteiger partial charge on any atom is 0.193 e. The summed E-state index contributed by atoms with van der Waals surface area (Å²) in [5.41, 5.74) is 1.30. The van der Waals surface area contributed by atoms with E-state index in [9.17, 15) is 0 Å². The van der Waals surface area contributed by atoms with E-state index in [1.807, 2.05) is 12.1 Å². The Bertz CT molecular complexity index is 496. The zero-order valence-electron chi connectivity index (χ0n) is 15.0. The van der Waals surface area contributed by atoms with Gasteiger partial charge in [0, 0.05) is 37.2 Å². The summed E-state index contributed by atoms with van der Waals surface area (Å²) < 4.78 is 5.20. The molecule has 1 unspecified atom stereocenters. The normalized spacial score (nSPS) is 18.0. The smallest absolute Gasteiger partial charge is 0.193 e. The fraction of sp³-hybridized carbons (Fsp3) is 0.611. The van der Waals surface area contributed by atoms with Gasteiger partial charge in [0.1, 0.15) is 5.75 Å². The first kappa shape index (κ1) is 21.4. The Hall–Kier alpha value is -0.630. The summed E-state index contributed by atoms with van der Waals surface area (Å²) >= 11 is 2.09. The third-order valence-electron chi connectivity index (χ3n) is 4.05. The zero-order chi connectivity index (χ0) is 16.5. The molecular weight excluding hydrogens is 433 g/mol. The van der Waals surface area contributed by atoms with E-state index in [1.165, 1.54) is 17.7 Å². The monoisotopic (exact) mass is 463 g/mol. The third kappa shape index (κ3) is 6.70. The standard InChI is InChI=1S/C18H29N3OS.HI/c1-4-17-14-21(12-13-23-17)18(19-5-2)20-11-10-15-6-8-16(22-3)9-7-15;/h6-9,17H,4-5,10-14H2,1-3H3,(H,19,20);1H. The predicted octanol–water partition coefficient (Wildman–Crippen LogP) is 3.65. The molecule has 1 heterocycles. The molecule has 2 rings (SSSR count). The van der Waals surface area contributed by atoms with Crippen LogP contribution in [0.4, 0.5) is 0 Å². The molecule has 0 bridgehead atoms. The quantitative estimate of drug-likeness (QED) is 0.397. The van der Waals surface area contributed by atoms with E-state index in [0.29, 0.717) is 0 Å². The lowest BCUT2D eigenvalue weighted by atomic mass is 10.1. The van der Waals surface area contributed by atoms with Gasteiger partial charge >= 0.3 is 0 Å². The molecule has 1 fully saturated rings. The fourth-order valence-corrected chi connectivity index (χ4v) is 3.85. The van der Waals surface area contributed by atoms with E-state index in [1.54, 1.807) is 7.11 Å². The van der Waals surface area contributed by atoms with Gasteiger partial charge in [-0.2, -0.15) is 11.8 Å². The minimum atomic E-state index is 0. The molecule has 1 atom stereocenters. The summed E-state index contributed by atoms with van der Waals surface area (Å²) in [6, 6.07) is 8.26. The molecule has 6 heteroatoms. The number of thioether (sulfide) groups is 1. The lowest BCUT2D eigenvalue weighted by molar-refractivity contribution is 0.408. The van der Waals surface area contributed by atoms with Crippen LogP contribution in [0, 0.1) is 0 Å². The van der Waals surface area contributed by atoms with Crippen molar-refractivity contribution in [2.45, 2.75) is 31.9 Å². The summed E-state index contributed by atoms with van der Waals surface area (Å²) in [7, 11) is 1.70. The van der Waals surface area contributed by atoms with Gasteiger partial charge in [0.15, 0.2) is 5.96 Å². The molecule has 0 radical (unpaired) electrons. The van der Waals surface area contributed by atoms with Crippen LogP contribution in [0.15, 0.2) is 29.3 Å². The Kier molecular flexibility index (Phi) is 10.6. The maximum absolute atomic E-state index is 5.20. The number of nitrogens with one attached hydrogen (secondary N) is 1. The summed E-state index contributed by atoms with van der Waals surface area (Å²) in [6.07, 6.45) is 2.19. The number of guanidine groups is 1. The van der Waals surface area contributed by atoms with E-state index in [2.05, 4.69) is 48.0 Å². The van der Waals surface area contributed by atoms with Crippen LogP contribution in [0.2, 0.25) is 0 Å². The molecule has 0 aliphatic carbocycles. The van der Waals surface area contributed by atoms with Gasteiger partial charge in [0.2, 0.25) is 0 Å². The molecule has 136 valence electrons. The number of methoxy groups -OCH3 is 1. The van der Waals surface area contributed by atoms with Gasteiger partial charge in [-0.25, -0.2) is 0 Å². The highest BCUT2D eigenvalue weighted by molar-refractivity contribution is 14.0. The van der Waals surface area contributed by atoms with Gasteiger partial charge in [0.05, 0.1) is 7.11 Å². The van der Waals surface area contributed by atoms with Crippen molar-refractivity contribution in [3.8, 4) is 5.75 Å². The third-order valence-corrected chi connectivity index (χ3v) is 5.42. The van der Waals surface area contributed by atoms with Gasteiger partial charge in [-0.1, -0.05) is 19.1 Å². The molecule has 0 amide bonds. The summed E-state index contributed by atoms with van der Waals surface area (Å²) in [4.78, 5) is 7.25. The molecule has 0 spiro atoms. The minimum Gasteiger partial charge on any atom is -0.497 e. The number of hydrogen-bond donors (Lipinski definition) is 1. The van der Waals surface area contributed by atoms with Crippen LogP contribution in [0.25, 0.3) is 0 Å². The minimum absolute atomic E-state index is 0. The van der Waals surface area contributed by atoms with Crippen LogP contribution in [-0.4, -0.2) is 55.2 Å². The lowest BCUT2D eigenvalue weighted by Crippen LogP contribution is -2.48. The summed E-state index contributed by atoms with van der Waals surface area (Å²) in [6.45, 7) is 8.34. The topological polar surface area (TPSA) is 36.9 Å². The average molecular weight is 463 g/mol. The van der Waals surface area contributed by atoms with E-state index in [4.69, 9.17) is 9.73 Å². The summed E-state index contributed by atoms with van der Waals surface area (Å²) in [5.74, 6) is 3.17. The van der Waals surface area contributed by atoms with Gasteiger partial charge in [0.25, 0.3) is 0 Å². The van der Waals surface area contributed by atoms with E-state index < -0.39 is 0 Å². The Balaban J connectivity index is 0.00000288. The first-order valence-corrected chi connectivity index (χ1v) is 9.59. The van der Waals surface area contributed by atoms with Gasteiger partial charge < -0.3 is 15.0 Å². The van der Waals surface area contributed by atoms with Crippen LogP contribution in [0.3, 0.4) is 0 Å². The molecule has 0 saturated carbocycles. The highest BCUT2D eigenvalue weighted by Gasteiger charge is 2.21. The van der Waals surface area contributed by atoms with Crippen LogP contribution in [0.5, 0.6) is 5.75 Å². The number of rotatable bonds is 6. The number of benzene rings is 1. The number of halogens is 1. The van der Waals surface area contributed by atoms with Crippen LogP contribution >= 0.6 is 35.7 Å². The van der Waals surface area contributed by atoms with Crippen molar-refractivity contribution in [2.24, 2.45) is 4.99 Å². The molecule has 0 aromatic heterocycles. The maximum atomic E-state index is 5.20. The molecule has 4 nitrogen and oxygen atoms in total. The largest absolute Gasteiger partial charge is 0.497 e. The van der Waals surface area contributed by atoms with Crippen LogP contribution in [-0.2, 0) is 6.42 Å². The Morgan fingerprint density at radius 3 is 2.71 bits per heavy atom. The fourth-order valence-electron chi connectivity index (χ4n) is 2.67. The first-order chi connectivity index (χ1) is 11.3. The number of aliphatic imine (C=N–C) groups is 1. The molecule has 1 aliphatic rings. The second-order valence-electron chi connectivity index (χ2n) is 5.68. The molecule has 1 aromatic carbocycles. The van der Waals surface area contributed by atoms with Crippen LogP contribution in [0.1, 0.15) is 25.8 Å². The second-order valence-corrected chi connectivity index (χ2v) is 7.09. The Morgan fingerprint density at radius 1 is 1.33 bits per heavy atom. The number of hydrogen-bond acceptors (Lipinski definition) is 3. The first-order valence-electron chi connectivity index (χ1n) is 8.54. The van der Waals surface area contributed by atoms with E-state index in [0.717, 1.165) is 49.6 Å². The molecular formula is C18H30IN3OS. The van der Waals surface area contributed by atoms with Crippen molar-refractivity contribution in [1.82, 2.24) is 10.2 Å². The van der Waals surface area contributed by atoms with Crippen LogP contribution < -0.4 is 10.1 Å². The predicted molar refractivity (Wildman–Crippen MR) is 116 cm³/mol. The second kappa shape index (κ2) is 11.8. The molecule has 1 saturated heterocycles. The number of ether oxygens (including phenoxy) is 1. The van der Waals surface area contributed by atoms with Crippen molar-refractivity contribution >= 4 is 41.7 Å². The van der Waals surface area contributed by atoms with E-state index >= 15 is 0 Å². The van der Waals surface area contributed by atoms with Crippen molar-refractivity contribution in [2.75, 3.05) is 39.0 Å². The molecule has 1 aromatic rings. The molecule has 1 aliphatic heterocycles. The molecule has 24 heavy (non-hydrogen) atoms. The molecule has 1 N–H and O–H groups in total. The Labute approximate surface area is 167 Å². The van der Waals surface area contributed by atoms with Gasteiger partial charge in [-0.15, -0.1) is 24.0 Å². The van der Waals surface area contributed by atoms with E-state index in [-0.39, 0.29) is 24.0 Å². The van der Waals surface area contributed by atoms with Crippen molar-refractivity contribution in [1.29, 1.82) is 0 Å². The zero-order valence-corrected chi connectivity index (χ0v) is 18.1. The average Bonchev–Trinajstić information content (AvgIpc) is 2.61. The SMILES string of the molecule is CCNC(=NCCc1ccc(OC)cc1)N1CCSC(CC)C1.I. The van der Waals surface area contributed by atoms with Crippen molar-refractivity contribution in [3.63, 3.8) is 0 Å².